The minimum atomic E-state index is -4.51. The molecule has 1 amide bonds. The lowest BCUT2D eigenvalue weighted by molar-refractivity contribution is -0.137. The van der Waals surface area contributed by atoms with Gasteiger partial charge in [0, 0.05) is 31.7 Å². The minimum absolute atomic E-state index is 0.0194. The third-order valence-electron chi connectivity index (χ3n) is 5.39. The van der Waals surface area contributed by atoms with Crippen LogP contribution in [0.3, 0.4) is 0 Å². The topological polar surface area (TPSA) is 79.0 Å². The number of carbonyl (C=O) groups excluding carboxylic acids is 1. The smallest absolute Gasteiger partial charge is 0.378 e. The first-order chi connectivity index (χ1) is 15.6. The Morgan fingerprint density at radius 1 is 1.06 bits per heavy atom. The molecule has 1 N–H and O–H groups in total. The number of alkyl halides is 3. The number of halogens is 3. The zero-order valence-corrected chi connectivity index (χ0v) is 19.2. The molecule has 0 spiro atoms. The van der Waals surface area contributed by atoms with Gasteiger partial charge in [0.05, 0.1) is 35.0 Å². The second-order valence-electron chi connectivity index (χ2n) is 7.40. The summed E-state index contributed by atoms with van der Waals surface area (Å²) >= 11 is 0. The first-order valence-corrected chi connectivity index (χ1v) is 12.0. The van der Waals surface area contributed by atoms with Gasteiger partial charge in [0.15, 0.2) is 0 Å². The van der Waals surface area contributed by atoms with Crippen LogP contribution in [0.5, 0.6) is 0 Å². The lowest BCUT2D eigenvalue weighted by Gasteiger charge is -2.31. The molecule has 180 valence electrons. The van der Waals surface area contributed by atoms with E-state index in [1.807, 2.05) is 4.90 Å². The molecule has 11 heteroatoms. The number of anilines is 2. The van der Waals surface area contributed by atoms with Crippen LogP contribution < -0.4 is 10.2 Å². The van der Waals surface area contributed by atoms with Crippen molar-refractivity contribution in [3.63, 3.8) is 0 Å². The van der Waals surface area contributed by atoms with Gasteiger partial charge in [0.2, 0.25) is 10.0 Å². The van der Waals surface area contributed by atoms with E-state index in [2.05, 4.69) is 5.32 Å². The van der Waals surface area contributed by atoms with E-state index in [-0.39, 0.29) is 29.2 Å². The third-order valence-corrected chi connectivity index (χ3v) is 7.43. The van der Waals surface area contributed by atoms with E-state index in [9.17, 15) is 26.4 Å². The molecule has 2 aromatic rings. The fourth-order valence-corrected chi connectivity index (χ4v) is 5.06. The lowest BCUT2D eigenvalue weighted by Crippen LogP contribution is -2.37. The van der Waals surface area contributed by atoms with E-state index >= 15 is 0 Å². The zero-order valence-electron chi connectivity index (χ0n) is 18.4. The summed E-state index contributed by atoms with van der Waals surface area (Å²) in [4.78, 5) is 14.8. The van der Waals surface area contributed by atoms with Crippen LogP contribution in [-0.2, 0) is 20.9 Å². The molecular weight excluding hydrogens is 459 g/mol. The average molecular weight is 486 g/mol. The maximum atomic E-state index is 13.0. The molecule has 0 aliphatic carbocycles. The molecule has 1 aliphatic rings. The molecule has 1 heterocycles. The highest BCUT2D eigenvalue weighted by Gasteiger charge is 2.30. The maximum absolute atomic E-state index is 13.0. The predicted octanol–water partition coefficient (Wildman–Crippen LogP) is 3.82. The molecule has 0 atom stereocenters. The lowest BCUT2D eigenvalue weighted by atomic mass is 10.1. The summed E-state index contributed by atoms with van der Waals surface area (Å²) < 4.78 is 71.1. The van der Waals surface area contributed by atoms with Crippen molar-refractivity contribution in [3.8, 4) is 0 Å². The fraction of sp³-hybridized carbons (Fsp3) is 0.409. The standard InChI is InChI=1S/C22H26F3N3O4S/c1-3-28(4-2)33(30,31)18-9-10-20(27-11-13-32-14-12-27)19(15-18)26-21(29)16-5-7-17(8-6-16)22(23,24)25/h5-10,15H,3-4,11-14H2,1-2H3,(H,26,29). The maximum Gasteiger partial charge on any atom is 0.416 e. The molecule has 0 bridgehead atoms. The number of nitrogens with zero attached hydrogens (tertiary/aromatic N) is 2. The minimum Gasteiger partial charge on any atom is -0.378 e. The Kier molecular flexibility index (Phi) is 7.65. The molecule has 1 saturated heterocycles. The molecule has 0 unspecified atom stereocenters. The van der Waals surface area contributed by atoms with Gasteiger partial charge in [-0.15, -0.1) is 0 Å². The van der Waals surface area contributed by atoms with Crippen LogP contribution in [0.1, 0.15) is 29.8 Å². The Morgan fingerprint density at radius 3 is 2.21 bits per heavy atom. The molecule has 0 aromatic heterocycles. The first kappa shape index (κ1) is 25.0. The van der Waals surface area contributed by atoms with Crippen LogP contribution in [0, 0.1) is 0 Å². The Bertz CT molecular complexity index is 1080. The van der Waals surface area contributed by atoms with Gasteiger partial charge in [-0.3, -0.25) is 4.79 Å². The number of nitrogens with one attached hydrogen (secondary N) is 1. The van der Waals surface area contributed by atoms with Crippen molar-refractivity contribution in [2.45, 2.75) is 24.9 Å². The number of hydrogen-bond donors (Lipinski definition) is 1. The summed E-state index contributed by atoms with van der Waals surface area (Å²) in [7, 11) is -3.78. The van der Waals surface area contributed by atoms with E-state index in [4.69, 9.17) is 4.74 Å². The molecule has 33 heavy (non-hydrogen) atoms. The largest absolute Gasteiger partial charge is 0.416 e. The monoisotopic (exact) mass is 485 g/mol. The molecule has 1 aliphatic heterocycles. The van der Waals surface area contributed by atoms with E-state index in [1.165, 1.54) is 16.4 Å². The molecule has 2 aromatic carbocycles. The number of benzene rings is 2. The van der Waals surface area contributed by atoms with Crippen LogP contribution in [-0.4, -0.2) is 58.0 Å². The van der Waals surface area contributed by atoms with E-state index in [0.29, 0.717) is 32.0 Å². The highest BCUT2D eigenvalue weighted by atomic mass is 32.2. The third kappa shape index (κ3) is 5.66. The summed E-state index contributed by atoms with van der Waals surface area (Å²) in [6.45, 7) is 6.09. The van der Waals surface area contributed by atoms with Gasteiger partial charge in [-0.05, 0) is 42.5 Å². The number of rotatable bonds is 7. The van der Waals surface area contributed by atoms with Crippen molar-refractivity contribution in [1.82, 2.24) is 4.31 Å². The van der Waals surface area contributed by atoms with Crippen molar-refractivity contribution in [2.24, 2.45) is 0 Å². The van der Waals surface area contributed by atoms with Gasteiger partial charge in [-0.1, -0.05) is 13.8 Å². The number of hydrogen-bond acceptors (Lipinski definition) is 5. The highest BCUT2D eigenvalue weighted by Crippen LogP contribution is 2.32. The van der Waals surface area contributed by atoms with Gasteiger partial charge < -0.3 is 15.0 Å². The van der Waals surface area contributed by atoms with Crippen LogP contribution in [0.25, 0.3) is 0 Å². The van der Waals surface area contributed by atoms with Crippen LogP contribution in [0.4, 0.5) is 24.5 Å². The quantitative estimate of drug-likeness (QED) is 0.645. The molecular formula is C22H26F3N3O4S. The number of carbonyl (C=O) groups is 1. The Balaban J connectivity index is 1.97. The summed E-state index contributed by atoms with van der Waals surface area (Å²) in [5.74, 6) is -0.643. The SMILES string of the molecule is CCN(CC)S(=O)(=O)c1ccc(N2CCOCC2)c(NC(=O)c2ccc(C(F)(F)F)cc2)c1. The van der Waals surface area contributed by atoms with Crippen LogP contribution in [0.15, 0.2) is 47.4 Å². The van der Waals surface area contributed by atoms with Crippen LogP contribution >= 0.6 is 0 Å². The van der Waals surface area contributed by atoms with Crippen LogP contribution in [0.2, 0.25) is 0 Å². The van der Waals surface area contributed by atoms with E-state index < -0.39 is 27.7 Å². The normalized spacial score (nSPS) is 15.0. The first-order valence-electron chi connectivity index (χ1n) is 10.5. The highest BCUT2D eigenvalue weighted by molar-refractivity contribution is 7.89. The molecule has 3 rings (SSSR count). The predicted molar refractivity (Wildman–Crippen MR) is 119 cm³/mol. The van der Waals surface area contributed by atoms with Crippen molar-refractivity contribution in [3.05, 3.63) is 53.6 Å². The fourth-order valence-electron chi connectivity index (χ4n) is 3.57. The van der Waals surface area contributed by atoms with Gasteiger partial charge in [0.25, 0.3) is 5.91 Å². The van der Waals surface area contributed by atoms with Crippen molar-refractivity contribution >= 4 is 27.3 Å². The van der Waals surface area contributed by atoms with Crippen molar-refractivity contribution in [2.75, 3.05) is 49.6 Å². The number of ether oxygens (including phenoxy) is 1. The summed E-state index contributed by atoms with van der Waals surface area (Å²) in [6, 6.07) is 8.35. The summed E-state index contributed by atoms with van der Waals surface area (Å²) in [6.07, 6.45) is -4.51. The Hall–Kier alpha value is -2.63. The molecule has 7 nitrogen and oxygen atoms in total. The zero-order chi connectivity index (χ0) is 24.2. The van der Waals surface area contributed by atoms with E-state index in [1.54, 1.807) is 19.9 Å². The molecule has 0 saturated carbocycles. The summed E-state index contributed by atoms with van der Waals surface area (Å²) in [5.41, 5.74) is 0.0281. The second-order valence-corrected chi connectivity index (χ2v) is 9.33. The van der Waals surface area contributed by atoms with Gasteiger partial charge >= 0.3 is 6.18 Å². The van der Waals surface area contributed by atoms with Gasteiger partial charge in [0.1, 0.15) is 0 Å². The second kappa shape index (κ2) is 10.1. The van der Waals surface area contributed by atoms with Crippen molar-refractivity contribution < 1.29 is 31.1 Å². The summed E-state index contributed by atoms with van der Waals surface area (Å²) in [5, 5.41) is 2.68. The number of sulfonamides is 1. The molecule has 0 radical (unpaired) electrons. The van der Waals surface area contributed by atoms with Crippen molar-refractivity contribution in [1.29, 1.82) is 0 Å². The number of amides is 1. The Labute approximate surface area is 191 Å². The Morgan fingerprint density at radius 2 is 1.67 bits per heavy atom. The van der Waals surface area contributed by atoms with Gasteiger partial charge in [-0.25, -0.2) is 8.42 Å². The average Bonchev–Trinajstić information content (AvgIpc) is 2.79. The van der Waals surface area contributed by atoms with Gasteiger partial charge in [-0.2, -0.15) is 17.5 Å². The number of morpholine rings is 1. The molecule has 1 fully saturated rings. The van der Waals surface area contributed by atoms with E-state index in [0.717, 1.165) is 24.3 Å².